The Balaban J connectivity index is 1.54. The molecule has 1 amide bonds. The molecule has 1 atom stereocenters. The second kappa shape index (κ2) is 8.30. The third kappa shape index (κ3) is 4.60. The monoisotopic (exact) mass is 345 g/mol. The fourth-order valence-electron chi connectivity index (χ4n) is 4.06. The molecular weight excluding hydrogens is 314 g/mol. The van der Waals surface area contributed by atoms with E-state index in [1.165, 1.54) is 11.1 Å². The first kappa shape index (κ1) is 18.4. The molecule has 1 N–H and O–H groups in total. The summed E-state index contributed by atoms with van der Waals surface area (Å²) in [6.45, 7) is 10.3. The summed E-state index contributed by atoms with van der Waals surface area (Å²) in [5.41, 5.74) is 2.69. The summed E-state index contributed by atoms with van der Waals surface area (Å²) < 4.78 is 0. The number of fused-ring (bicyclic) bond motifs is 1. The quantitative estimate of drug-likeness (QED) is 0.850. The Morgan fingerprint density at radius 3 is 2.48 bits per heavy atom. The number of carbonyl (C=O) groups excluding carboxylic acids is 1. The summed E-state index contributed by atoms with van der Waals surface area (Å²) in [4.78, 5) is 19.5. The van der Waals surface area contributed by atoms with Crippen LogP contribution >= 0.6 is 0 Å². The summed E-state index contributed by atoms with van der Waals surface area (Å²) in [6, 6.07) is 8.72. The minimum absolute atomic E-state index is 0.183. The number of piperazine rings is 1. The van der Waals surface area contributed by atoms with Crippen LogP contribution in [-0.4, -0.2) is 71.1 Å². The molecule has 1 aromatic rings. The van der Waals surface area contributed by atoms with E-state index in [-0.39, 0.29) is 18.6 Å². The van der Waals surface area contributed by atoms with Crippen molar-refractivity contribution >= 4 is 5.91 Å². The average molecular weight is 345 g/mol. The number of nitrogens with zero attached hydrogens (tertiary/aromatic N) is 3. The highest BCUT2D eigenvalue weighted by molar-refractivity contribution is 5.78. The van der Waals surface area contributed by atoms with Gasteiger partial charge in [-0.05, 0) is 23.5 Å². The second-order valence-electron chi connectivity index (χ2n) is 7.81. The highest BCUT2D eigenvalue weighted by atomic mass is 16.3. The van der Waals surface area contributed by atoms with E-state index in [1.807, 2.05) is 4.90 Å². The topological polar surface area (TPSA) is 47.0 Å². The molecule has 25 heavy (non-hydrogen) atoms. The van der Waals surface area contributed by atoms with E-state index in [9.17, 15) is 9.90 Å². The van der Waals surface area contributed by atoms with Crippen LogP contribution in [0, 0.1) is 5.92 Å². The lowest BCUT2D eigenvalue weighted by Crippen LogP contribution is -2.56. The zero-order valence-corrected chi connectivity index (χ0v) is 15.5. The number of rotatable bonds is 6. The van der Waals surface area contributed by atoms with Crippen LogP contribution in [0.5, 0.6) is 0 Å². The zero-order chi connectivity index (χ0) is 17.8. The Morgan fingerprint density at radius 2 is 1.88 bits per heavy atom. The van der Waals surface area contributed by atoms with Crippen molar-refractivity contribution in [1.82, 2.24) is 14.7 Å². The second-order valence-corrected chi connectivity index (χ2v) is 7.81. The van der Waals surface area contributed by atoms with E-state index in [0.717, 1.165) is 45.7 Å². The smallest absolute Gasteiger partial charge is 0.236 e. The molecule has 0 bridgehead atoms. The maximum atomic E-state index is 12.8. The fourth-order valence-corrected chi connectivity index (χ4v) is 4.06. The first-order chi connectivity index (χ1) is 12.1. The van der Waals surface area contributed by atoms with E-state index in [0.29, 0.717) is 12.5 Å². The van der Waals surface area contributed by atoms with Crippen molar-refractivity contribution in [3.8, 4) is 0 Å². The maximum absolute atomic E-state index is 12.8. The van der Waals surface area contributed by atoms with Crippen LogP contribution in [0.1, 0.15) is 31.4 Å². The molecule has 0 radical (unpaired) electrons. The molecule has 1 unspecified atom stereocenters. The number of carbonyl (C=O) groups is 1. The maximum Gasteiger partial charge on any atom is 0.236 e. The predicted molar refractivity (Wildman–Crippen MR) is 99.0 cm³/mol. The van der Waals surface area contributed by atoms with Gasteiger partial charge in [0.15, 0.2) is 0 Å². The zero-order valence-electron chi connectivity index (χ0n) is 15.5. The van der Waals surface area contributed by atoms with Crippen LogP contribution in [0.25, 0.3) is 0 Å². The summed E-state index contributed by atoms with van der Waals surface area (Å²) in [5.74, 6) is 0.825. The molecule has 1 saturated heterocycles. The molecule has 3 rings (SSSR count). The van der Waals surface area contributed by atoms with Crippen LogP contribution in [-0.2, 0) is 17.9 Å². The van der Waals surface area contributed by atoms with Gasteiger partial charge in [-0.25, -0.2) is 0 Å². The molecule has 1 aromatic carbocycles. The van der Waals surface area contributed by atoms with Crippen molar-refractivity contribution in [1.29, 1.82) is 0 Å². The van der Waals surface area contributed by atoms with Gasteiger partial charge in [0.1, 0.15) is 0 Å². The summed E-state index contributed by atoms with van der Waals surface area (Å²) in [6.07, 6.45) is 0.742. The number of aliphatic hydroxyl groups is 1. The molecule has 138 valence electrons. The SMILES string of the molecule is CC(C)CN1CCN(C(=O)CN2Cc3ccccc3C2)CC1CCO. The van der Waals surface area contributed by atoms with Crippen molar-refractivity contribution < 1.29 is 9.90 Å². The van der Waals surface area contributed by atoms with E-state index in [1.54, 1.807) is 0 Å². The lowest BCUT2D eigenvalue weighted by Gasteiger charge is -2.42. The minimum Gasteiger partial charge on any atom is -0.396 e. The molecule has 2 aliphatic rings. The molecular formula is C20H31N3O2. The molecule has 5 nitrogen and oxygen atoms in total. The van der Waals surface area contributed by atoms with Crippen molar-refractivity contribution in [3.63, 3.8) is 0 Å². The Kier molecular flexibility index (Phi) is 6.10. The van der Waals surface area contributed by atoms with Gasteiger partial charge in [-0.15, -0.1) is 0 Å². The van der Waals surface area contributed by atoms with Gasteiger partial charge in [-0.2, -0.15) is 0 Å². The Labute approximate surface area is 151 Å². The van der Waals surface area contributed by atoms with Gasteiger partial charge in [0.05, 0.1) is 6.54 Å². The normalized spacial score (nSPS) is 21.8. The number of benzene rings is 1. The van der Waals surface area contributed by atoms with Crippen LogP contribution in [0.3, 0.4) is 0 Å². The van der Waals surface area contributed by atoms with Crippen LogP contribution < -0.4 is 0 Å². The molecule has 0 aliphatic carbocycles. The number of hydrogen-bond donors (Lipinski definition) is 1. The first-order valence-electron chi connectivity index (χ1n) is 9.48. The van der Waals surface area contributed by atoms with Crippen LogP contribution in [0.4, 0.5) is 0 Å². The molecule has 0 aromatic heterocycles. The standard InChI is InChI=1S/C20H31N3O2/c1-16(2)11-22-8-9-23(14-19(22)7-10-24)20(25)15-21-12-17-5-3-4-6-18(17)13-21/h3-6,16,19,24H,7-15H2,1-2H3. The Bertz CT molecular complexity index is 565. The van der Waals surface area contributed by atoms with Gasteiger partial charge in [-0.3, -0.25) is 14.6 Å². The predicted octanol–water partition coefficient (Wildman–Crippen LogP) is 1.55. The van der Waals surface area contributed by atoms with Gasteiger partial charge in [0.25, 0.3) is 0 Å². The van der Waals surface area contributed by atoms with E-state index < -0.39 is 0 Å². The number of amides is 1. The van der Waals surface area contributed by atoms with Gasteiger partial charge < -0.3 is 10.0 Å². The molecule has 2 heterocycles. The molecule has 1 fully saturated rings. The van der Waals surface area contributed by atoms with E-state index in [2.05, 4.69) is 47.9 Å². The third-order valence-corrected chi connectivity index (χ3v) is 5.28. The van der Waals surface area contributed by atoms with Crippen LogP contribution in [0.2, 0.25) is 0 Å². The lowest BCUT2D eigenvalue weighted by molar-refractivity contribution is -0.136. The largest absolute Gasteiger partial charge is 0.396 e. The average Bonchev–Trinajstić information content (AvgIpc) is 2.98. The Morgan fingerprint density at radius 1 is 1.20 bits per heavy atom. The van der Waals surface area contributed by atoms with E-state index in [4.69, 9.17) is 0 Å². The third-order valence-electron chi connectivity index (χ3n) is 5.28. The van der Waals surface area contributed by atoms with Crippen molar-refractivity contribution in [3.05, 3.63) is 35.4 Å². The van der Waals surface area contributed by atoms with Crippen molar-refractivity contribution in [2.24, 2.45) is 5.92 Å². The van der Waals surface area contributed by atoms with Gasteiger partial charge >= 0.3 is 0 Å². The van der Waals surface area contributed by atoms with E-state index >= 15 is 0 Å². The van der Waals surface area contributed by atoms with Gasteiger partial charge in [0, 0.05) is 51.9 Å². The minimum atomic E-state index is 0.183. The molecule has 5 heteroatoms. The summed E-state index contributed by atoms with van der Waals surface area (Å²) in [5, 5.41) is 9.39. The highest BCUT2D eigenvalue weighted by Gasteiger charge is 2.30. The first-order valence-corrected chi connectivity index (χ1v) is 9.48. The molecule has 0 spiro atoms. The van der Waals surface area contributed by atoms with Gasteiger partial charge in [0.2, 0.25) is 5.91 Å². The molecule has 2 aliphatic heterocycles. The summed E-state index contributed by atoms with van der Waals surface area (Å²) >= 11 is 0. The lowest BCUT2D eigenvalue weighted by atomic mass is 10.1. The number of hydrogen-bond acceptors (Lipinski definition) is 4. The van der Waals surface area contributed by atoms with Crippen molar-refractivity contribution in [2.45, 2.75) is 39.4 Å². The van der Waals surface area contributed by atoms with Crippen molar-refractivity contribution in [2.75, 3.05) is 39.3 Å². The summed E-state index contributed by atoms with van der Waals surface area (Å²) in [7, 11) is 0. The van der Waals surface area contributed by atoms with Crippen LogP contribution in [0.15, 0.2) is 24.3 Å². The van der Waals surface area contributed by atoms with Gasteiger partial charge in [-0.1, -0.05) is 38.1 Å². The fraction of sp³-hybridized carbons (Fsp3) is 0.650. The molecule has 0 saturated carbocycles. The Hall–Kier alpha value is -1.43. The number of aliphatic hydroxyl groups excluding tert-OH is 1. The highest BCUT2D eigenvalue weighted by Crippen LogP contribution is 2.22.